The molecule has 2 rings (SSSR count). The Bertz CT molecular complexity index is 461. The summed E-state index contributed by atoms with van der Waals surface area (Å²) in [5.41, 5.74) is 0.378. The topological polar surface area (TPSA) is 32.3 Å². The molecule has 1 aliphatic heterocycles. The highest BCUT2D eigenvalue weighted by Crippen LogP contribution is 2.21. The summed E-state index contributed by atoms with van der Waals surface area (Å²) in [6, 6.07) is 4.13. The fourth-order valence-electron chi connectivity index (χ4n) is 2.41. The van der Waals surface area contributed by atoms with Gasteiger partial charge in [0.25, 0.3) is 5.91 Å². The van der Waals surface area contributed by atoms with Gasteiger partial charge in [-0.15, -0.1) is 0 Å². The summed E-state index contributed by atoms with van der Waals surface area (Å²) in [7, 11) is 0. The Hall–Kier alpha value is -1.13. The van der Waals surface area contributed by atoms with Gasteiger partial charge < -0.3 is 10.2 Å². The van der Waals surface area contributed by atoms with Crippen LogP contribution in [0.4, 0.5) is 4.39 Å². The van der Waals surface area contributed by atoms with Crippen molar-refractivity contribution in [2.24, 2.45) is 0 Å². The molecule has 1 amide bonds. The molecule has 1 N–H and O–H groups in total. The number of nitrogens with zero attached hydrogens (tertiary/aromatic N) is 1. The first-order valence-corrected chi connectivity index (χ1v) is 6.98. The quantitative estimate of drug-likeness (QED) is 0.922. The lowest BCUT2D eigenvalue weighted by atomic mass is 10.1. The van der Waals surface area contributed by atoms with Crippen LogP contribution in [0.25, 0.3) is 0 Å². The number of carbonyl (C=O) groups is 1. The average Bonchev–Trinajstić information content (AvgIpc) is 2.89. The average molecular weight is 285 g/mol. The highest BCUT2D eigenvalue weighted by atomic mass is 35.5. The van der Waals surface area contributed by atoms with E-state index in [1.807, 2.05) is 11.8 Å². The van der Waals surface area contributed by atoms with Crippen LogP contribution in [0.15, 0.2) is 18.2 Å². The Morgan fingerprint density at radius 2 is 2.37 bits per heavy atom. The molecule has 3 nitrogen and oxygen atoms in total. The normalized spacial score (nSPS) is 18.6. The summed E-state index contributed by atoms with van der Waals surface area (Å²) < 4.78 is 13.0. The molecule has 0 bridgehead atoms. The van der Waals surface area contributed by atoms with Crippen molar-refractivity contribution in [1.29, 1.82) is 0 Å². The molecule has 0 aromatic heterocycles. The van der Waals surface area contributed by atoms with Gasteiger partial charge in [0.2, 0.25) is 0 Å². The summed E-state index contributed by atoms with van der Waals surface area (Å²) in [5.74, 6) is -0.535. The minimum Gasteiger partial charge on any atom is -0.334 e. The second kappa shape index (κ2) is 6.35. The van der Waals surface area contributed by atoms with Crippen LogP contribution in [0.2, 0.25) is 5.02 Å². The van der Waals surface area contributed by atoms with Crippen LogP contribution < -0.4 is 5.32 Å². The van der Waals surface area contributed by atoms with E-state index in [2.05, 4.69) is 5.32 Å². The maximum absolute atomic E-state index is 13.0. The molecule has 0 saturated carbocycles. The van der Waals surface area contributed by atoms with E-state index >= 15 is 0 Å². The van der Waals surface area contributed by atoms with Gasteiger partial charge >= 0.3 is 0 Å². The predicted molar refractivity (Wildman–Crippen MR) is 74.0 cm³/mol. The maximum atomic E-state index is 13.0. The molecule has 1 atom stereocenters. The second-order valence-corrected chi connectivity index (χ2v) is 5.18. The van der Waals surface area contributed by atoms with Gasteiger partial charge in [-0.2, -0.15) is 0 Å². The van der Waals surface area contributed by atoms with Crippen molar-refractivity contribution < 1.29 is 9.18 Å². The minimum absolute atomic E-state index is 0.111. The lowest BCUT2D eigenvalue weighted by Crippen LogP contribution is -2.42. The summed E-state index contributed by atoms with van der Waals surface area (Å²) in [6.45, 7) is 4.47. The fourth-order valence-corrected chi connectivity index (χ4v) is 2.66. The van der Waals surface area contributed by atoms with E-state index in [9.17, 15) is 9.18 Å². The Labute approximate surface area is 117 Å². The first-order valence-electron chi connectivity index (χ1n) is 6.60. The van der Waals surface area contributed by atoms with E-state index < -0.39 is 5.82 Å². The van der Waals surface area contributed by atoms with Crippen molar-refractivity contribution >= 4 is 17.5 Å². The van der Waals surface area contributed by atoms with Gasteiger partial charge in [-0.3, -0.25) is 4.79 Å². The van der Waals surface area contributed by atoms with Crippen molar-refractivity contribution in [2.45, 2.75) is 25.8 Å². The summed E-state index contributed by atoms with van der Waals surface area (Å²) in [6.07, 6.45) is 1.84. The third kappa shape index (κ3) is 3.25. The number of halogens is 2. The zero-order chi connectivity index (χ0) is 13.8. The molecule has 0 radical (unpaired) electrons. The summed E-state index contributed by atoms with van der Waals surface area (Å²) in [4.78, 5) is 14.4. The first-order chi connectivity index (χ1) is 9.13. The number of nitrogens with one attached hydrogen (secondary N) is 1. The van der Waals surface area contributed by atoms with Gasteiger partial charge in [-0.05, 0) is 37.6 Å². The Morgan fingerprint density at radius 1 is 1.58 bits per heavy atom. The van der Waals surface area contributed by atoms with Gasteiger partial charge in [0.1, 0.15) is 5.82 Å². The van der Waals surface area contributed by atoms with E-state index in [4.69, 9.17) is 11.6 Å². The van der Waals surface area contributed by atoms with Gasteiger partial charge in [-0.1, -0.05) is 18.5 Å². The summed E-state index contributed by atoms with van der Waals surface area (Å²) >= 11 is 5.97. The third-order valence-electron chi connectivity index (χ3n) is 3.36. The Kier molecular flexibility index (Phi) is 4.77. The molecule has 5 heteroatoms. The molecule has 1 unspecified atom stereocenters. The van der Waals surface area contributed by atoms with E-state index in [1.54, 1.807) is 0 Å². The third-order valence-corrected chi connectivity index (χ3v) is 3.67. The van der Waals surface area contributed by atoms with E-state index in [-0.39, 0.29) is 17.0 Å². The highest BCUT2D eigenvalue weighted by molar-refractivity contribution is 6.33. The maximum Gasteiger partial charge on any atom is 0.255 e. The number of hydrogen-bond donors (Lipinski definition) is 1. The van der Waals surface area contributed by atoms with Crippen LogP contribution in [0.1, 0.15) is 30.1 Å². The number of hydrogen-bond acceptors (Lipinski definition) is 2. The largest absolute Gasteiger partial charge is 0.334 e. The zero-order valence-corrected chi connectivity index (χ0v) is 11.7. The second-order valence-electron chi connectivity index (χ2n) is 4.77. The van der Waals surface area contributed by atoms with Gasteiger partial charge in [0.05, 0.1) is 10.6 Å². The van der Waals surface area contributed by atoms with Crippen LogP contribution >= 0.6 is 11.6 Å². The van der Waals surface area contributed by atoms with Crippen LogP contribution in [0, 0.1) is 5.82 Å². The van der Waals surface area contributed by atoms with E-state index in [0.29, 0.717) is 12.1 Å². The minimum atomic E-state index is -0.425. The molecule has 1 heterocycles. The molecule has 1 fully saturated rings. The smallest absolute Gasteiger partial charge is 0.255 e. The highest BCUT2D eigenvalue weighted by Gasteiger charge is 2.27. The van der Waals surface area contributed by atoms with E-state index in [0.717, 1.165) is 25.9 Å². The molecule has 19 heavy (non-hydrogen) atoms. The van der Waals surface area contributed by atoms with E-state index in [1.165, 1.54) is 18.2 Å². The predicted octanol–water partition coefficient (Wildman–Crippen LogP) is 2.69. The Balaban J connectivity index is 2.22. The molecule has 1 aromatic rings. The van der Waals surface area contributed by atoms with Gasteiger partial charge in [0.15, 0.2) is 0 Å². The molecule has 0 aliphatic carbocycles. The van der Waals surface area contributed by atoms with Crippen LogP contribution in [0.5, 0.6) is 0 Å². The van der Waals surface area contributed by atoms with Crippen molar-refractivity contribution in [1.82, 2.24) is 10.2 Å². The van der Waals surface area contributed by atoms with Crippen molar-refractivity contribution in [3.05, 3.63) is 34.6 Å². The molecular formula is C14H18ClFN2O. The van der Waals surface area contributed by atoms with Crippen LogP contribution in [-0.4, -0.2) is 36.5 Å². The lowest BCUT2D eigenvalue weighted by molar-refractivity contribution is 0.0692. The van der Waals surface area contributed by atoms with Gasteiger partial charge in [0, 0.05) is 19.1 Å². The lowest BCUT2D eigenvalue weighted by Gasteiger charge is -2.28. The van der Waals surface area contributed by atoms with Crippen LogP contribution in [0.3, 0.4) is 0 Å². The molecule has 1 saturated heterocycles. The van der Waals surface area contributed by atoms with Crippen LogP contribution in [-0.2, 0) is 0 Å². The molecular weight excluding hydrogens is 267 g/mol. The van der Waals surface area contributed by atoms with Crippen molar-refractivity contribution in [2.75, 3.05) is 19.6 Å². The number of carbonyl (C=O) groups excluding carboxylic acids is 1. The first kappa shape index (κ1) is 14.3. The van der Waals surface area contributed by atoms with Gasteiger partial charge in [-0.25, -0.2) is 4.39 Å². The molecule has 0 spiro atoms. The van der Waals surface area contributed by atoms with Crippen molar-refractivity contribution in [3.63, 3.8) is 0 Å². The SMILES string of the molecule is CCCN(C(=O)c1ccc(F)cc1Cl)C1CCNC1. The monoisotopic (exact) mass is 284 g/mol. The zero-order valence-electron chi connectivity index (χ0n) is 11.0. The Morgan fingerprint density at radius 3 is 2.95 bits per heavy atom. The number of rotatable bonds is 4. The molecule has 1 aliphatic rings. The molecule has 104 valence electrons. The number of amides is 1. The number of benzene rings is 1. The molecule has 1 aromatic carbocycles. The standard InChI is InChI=1S/C14H18ClFN2O/c1-2-7-18(11-5-6-17-9-11)14(19)12-4-3-10(16)8-13(12)15/h3-4,8,11,17H,2,5-7,9H2,1H3. The fraction of sp³-hybridized carbons (Fsp3) is 0.500. The van der Waals surface area contributed by atoms with Crippen molar-refractivity contribution in [3.8, 4) is 0 Å². The summed E-state index contributed by atoms with van der Waals surface area (Å²) in [5, 5.41) is 3.43.